The molecule has 0 aliphatic carbocycles. The molecular formula is C24H18BrFN2O3. The van der Waals surface area contributed by atoms with E-state index in [1.165, 1.54) is 11.0 Å². The third-order valence-corrected chi connectivity index (χ3v) is 6.29. The van der Waals surface area contributed by atoms with E-state index in [1.54, 1.807) is 17.2 Å². The van der Waals surface area contributed by atoms with Crippen LogP contribution in [0, 0.1) is 11.7 Å². The van der Waals surface area contributed by atoms with Crippen molar-refractivity contribution >= 4 is 33.4 Å². The SMILES string of the molecule is O=C1[C@H]2[C@H](ON(c3ccccc3)[C@H]2c2ccc(F)c(Br)c2)C(=O)N1Cc1ccccc1. The third-order valence-electron chi connectivity index (χ3n) is 5.69. The normalized spacial score (nSPS) is 22.8. The molecule has 2 saturated heterocycles. The average Bonchev–Trinajstić information content (AvgIpc) is 3.29. The van der Waals surface area contributed by atoms with Crippen molar-refractivity contribution in [2.24, 2.45) is 5.92 Å². The summed E-state index contributed by atoms with van der Waals surface area (Å²) in [7, 11) is 0. The zero-order chi connectivity index (χ0) is 21.5. The molecule has 3 aromatic carbocycles. The Hall–Kier alpha value is -3.03. The van der Waals surface area contributed by atoms with Crippen LogP contribution < -0.4 is 5.06 Å². The van der Waals surface area contributed by atoms with Crippen molar-refractivity contribution in [1.29, 1.82) is 0 Å². The zero-order valence-electron chi connectivity index (χ0n) is 16.3. The van der Waals surface area contributed by atoms with Gasteiger partial charge in [0.15, 0.2) is 6.10 Å². The van der Waals surface area contributed by atoms with Crippen LogP contribution >= 0.6 is 15.9 Å². The molecule has 2 amide bonds. The average molecular weight is 481 g/mol. The second kappa shape index (κ2) is 7.90. The predicted octanol–water partition coefficient (Wildman–Crippen LogP) is 4.63. The number of hydrogen-bond donors (Lipinski definition) is 0. The Morgan fingerprint density at radius 3 is 2.26 bits per heavy atom. The number of benzene rings is 3. The molecule has 3 atom stereocenters. The highest BCUT2D eigenvalue weighted by atomic mass is 79.9. The first-order valence-corrected chi connectivity index (χ1v) is 10.7. The van der Waals surface area contributed by atoms with E-state index in [1.807, 2.05) is 60.7 Å². The summed E-state index contributed by atoms with van der Waals surface area (Å²) in [6, 6.07) is 22.7. The molecule has 2 aliphatic heterocycles. The molecule has 0 radical (unpaired) electrons. The Morgan fingerprint density at radius 2 is 1.58 bits per heavy atom. The van der Waals surface area contributed by atoms with E-state index in [2.05, 4.69) is 15.9 Å². The summed E-state index contributed by atoms with van der Waals surface area (Å²) in [5, 5.41) is 1.60. The standard InChI is InChI=1S/C24H18BrFN2O3/c25-18-13-16(11-12-19(18)26)21-20-22(31-28(21)17-9-5-2-6-10-17)24(30)27(23(20)29)14-15-7-3-1-4-8-15/h1-13,20-22H,14H2/t20-,21+,22+/m1/s1. The molecule has 0 unspecified atom stereocenters. The number of likely N-dealkylation sites (tertiary alicyclic amines) is 1. The molecular weight excluding hydrogens is 463 g/mol. The lowest BCUT2D eigenvalue weighted by Crippen LogP contribution is -2.36. The number of rotatable bonds is 4. The van der Waals surface area contributed by atoms with E-state index in [0.29, 0.717) is 10.0 Å². The summed E-state index contributed by atoms with van der Waals surface area (Å²) in [5.41, 5.74) is 2.27. The lowest BCUT2D eigenvalue weighted by atomic mass is 9.90. The molecule has 0 saturated carbocycles. The summed E-state index contributed by atoms with van der Waals surface area (Å²) in [5.74, 6) is -1.77. The minimum absolute atomic E-state index is 0.194. The van der Waals surface area contributed by atoms with E-state index in [9.17, 15) is 14.0 Å². The Bertz CT molecular complexity index is 1140. The lowest BCUT2D eigenvalue weighted by Gasteiger charge is -2.29. The van der Waals surface area contributed by atoms with Gasteiger partial charge in [-0.3, -0.25) is 19.3 Å². The molecule has 0 spiro atoms. The van der Waals surface area contributed by atoms with Crippen LogP contribution in [0.4, 0.5) is 10.1 Å². The first-order chi connectivity index (χ1) is 15.0. The van der Waals surface area contributed by atoms with E-state index in [0.717, 1.165) is 11.3 Å². The molecule has 3 aromatic rings. The van der Waals surface area contributed by atoms with Gasteiger partial charge in [-0.2, -0.15) is 0 Å². The molecule has 7 heteroatoms. The first kappa shape index (κ1) is 19.9. The number of carbonyl (C=O) groups is 2. The Kier molecular flexibility index (Phi) is 5.08. The van der Waals surface area contributed by atoms with Crippen molar-refractivity contribution in [2.75, 3.05) is 5.06 Å². The van der Waals surface area contributed by atoms with Gasteiger partial charge in [0.2, 0.25) is 5.91 Å². The number of anilines is 1. The van der Waals surface area contributed by atoms with Crippen LogP contribution in [0.2, 0.25) is 0 Å². The highest BCUT2D eigenvalue weighted by molar-refractivity contribution is 9.10. The molecule has 156 valence electrons. The van der Waals surface area contributed by atoms with E-state index >= 15 is 0 Å². The molecule has 0 N–H and O–H groups in total. The summed E-state index contributed by atoms with van der Waals surface area (Å²) >= 11 is 3.23. The van der Waals surface area contributed by atoms with Crippen LogP contribution in [-0.2, 0) is 21.0 Å². The fraction of sp³-hybridized carbons (Fsp3) is 0.167. The number of hydrogen-bond acceptors (Lipinski definition) is 4. The minimum Gasteiger partial charge on any atom is -0.275 e. The van der Waals surface area contributed by atoms with Gasteiger partial charge in [0.25, 0.3) is 5.91 Å². The number of fused-ring (bicyclic) bond motifs is 1. The highest BCUT2D eigenvalue weighted by Gasteiger charge is 2.59. The van der Waals surface area contributed by atoms with Gasteiger partial charge in [-0.25, -0.2) is 9.45 Å². The molecule has 0 bridgehead atoms. The number of imide groups is 1. The largest absolute Gasteiger partial charge is 0.275 e. The topological polar surface area (TPSA) is 49.9 Å². The lowest BCUT2D eigenvalue weighted by molar-refractivity contribution is -0.143. The van der Waals surface area contributed by atoms with Gasteiger partial charge < -0.3 is 0 Å². The minimum atomic E-state index is -0.926. The van der Waals surface area contributed by atoms with E-state index in [-0.39, 0.29) is 18.4 Å². The van der Waals surface area contributed by atoms with Crippen molar-refractivity contribution in [3.8, 4) is 0 Å². The number of carbonyl (C=O) groups excluding carboxylic acids is 2. The molecule has 31 heavy (non-hydrogen) atoms. The summed E-state index contributed by atoms with van der Waals surface area (Å²) in [6.45, 7) is 0.194. The predicted molar refractivity (Wildman–Crippen MR) is 116 cm³/mol. The van der Waals surface area contributed by atoms with Crippen molar-refractivity contribution < 1.29 is 18.8 Å². The molecule has 0 aromatic heterocycles. The van der Waals surface area contributed by atoms with Gasteiger partial charge in [0.1, 0.15) is 11.7 Å². The number of amides is 2. The number of halogens is 2. The van der Waals surface area contributed by atoms with Crippen molar-refractivity contribution in [3.63, 3.8) is 0 Å². The second-order valence-electron chi connectivity index (χ2n) is 7.58. The summed E-state index contributed by atoms with van der Waals surface area (Å²) < 4.78 is 14.2. The van der Waals surface area contributed by atoms with Crippen LogP contribution in [0.3, 0.4) is 0 Å². The van der Waals surface area contributed by atoms with Crippen LogP contribution in [0.1, 0.15) is 17.2 Å². The van der Waals surface area contributed by atoms with Crippen molar-refractivity contribution in [3.05, 3.63) is 100 Å². The van der Waals surface area contributed by atoms with Crippen molar-refractivity contribution in [2.45, 2.75) is 18.7 Å². The Morgan fingerprint density at radius 1 is 0.903 bits per heavy atom. The number of nitrogens with zero attached hydrogens (tertiary/aromatic N) is 2. The fourth-order valence-electron chi connectivity index (χ4n) is 4.23. The fourth-order valence-corrected chi connectivity index (χ4v) is 4.62. The monoisotopic (exact) mass is 480 g/mol. The summed E-state index contributed by atoms with van der Waals surface area (Å²) in [4.78, 5) is 33.9. The Balaban J connectivity index is 1.54. The second-order valence-corrected chi connectivity index (χ2v) is 8.43. The van der Waals surface area contributed by atoms with Gasteiger partial charge in [0.05, 0.1) is 22.7 Å². The van der Waals surface area contributed by atoms with Gasteiger partial charge >= 0.3 is 0 Å². The quantitative estimate of drug-likeness (QED) is 0.510. The zero-order valence-corrected chi connectivity index (χ0v) is 17.9. The number of para-hydroxylation sites is 1. The third kappa shape index (κ3) is 3.43. The molecule has 2 heterocycles. The van der Waals surface area contributed by atoms with Gasteiger partial charge in [-0.15, -0.1) is 0 Å². The first-order valence-electron chi connectivity index (χ1n) is 9.90. The maximum absolute atomic E-state index is 13.9. The van der Waals surface area contributed by atoms with Crippen LogP contribution in [-0.4, -0.2) is 22.8 Å². The van der Waals surface area contributed by atoms with Crippen LogP contribution in [0.25, 0.3) is 0 Å². The van der Waals surface area contributed by atoms with E-state index in [4.69, 9.17) is 4.84 Å². The van der Waals surface area contributed by atoms with E-state index < -0.39 is 23.9 Å². The Labute approximate surface area is 187 Å². The number of hydroxylamine groups is 1. The van der Waals surface area contributed by atoms with Gasteiger partial charge in [0, 0.05) is 0 Å². The maximum atomic E-state index is 13.9. The maximum Gasteiger partial charge on any atom is 0.262 e. The van der Waals surface area contributed by atoms with Gasteiger partial charge in [-0.05, 0) is 51.3 Å². The van der Waals surface area contributed by atoms with Crippen molar-refractivity contribution in [1.82, 2.24) is 4.90 Å². The summed E-state index contributed by atoms with van der Waals surface area (Å²) in [6.07, 6.45) is -0.926. The van der Waals surface area contributed by atoms with Gasteiger partial charge in [-0.1, -0.05) is 54.6 Å². The smallest absolute Gasteiger partial charge is 0.262 e. The van der Waals surface area contributed by atoms with Crippen LogP contribution in [0.5, 0.6) is 0 Å². The highest BCUT2D eigenvalue weighted by Crippen LogP contribution is 2.47. The molecule has 2 fully saturated rings. The van der Waals surface area contributed by atoms with Crippen LogP contribution in [0.15, 0.2) is 83.3 Å². The molecule has 5 nitrogen and oxygen atoms in total. The molecule has 5 rings (SSSR count). The molecule has 2 aliphatic rings.